The fraction of sp³-hybridized carbons (Fsp3) is 0.429. The van der Waals surface area contributed by atoms with Crippen molar-refractivity contribution in [2.45, 2.75) is 43.5 Å². The first kappa shape index (κ1) is 17.1. The van der Waals surface area contributed by atoms with Gasteiger partial charge in [0.15, 0.2) is 11.5 Å². The third-order valence-corrected chi connectivity index (χ3v) is 7.64. The van der Waals surface area contributed by atoms with Crippen LogP contribution in [0.2, 0.25) is 0 Å². The summed E-state index contributed by atoms with van der Waals surface area (Å²) in [6.07, 6.45) is 5.06. The Hall–Kier alpha value is -2.05. The molecule has 27 heavy (non-hydrogen) atoms. The Labute approximate surface area is 160 Å². The van der Waals surface area contributed by atoms with Gasteiger partial charge in [-0.15, -0.1) is 0 Å². The zero-order valence-corrected chi connectivity index (χ0v) is 16.1. The molecular formula is C21H23NO4S. The molecule has 6 heteroatoms. The van der Waals surface area contributed by atoms with Gasteiger partial charge < -0.3 is 9.47 Å². The second-order valence-electron chi connectivity index (χ2n) is 7.49. The van der Waals surface area contributed by atoms with Gasteiger partial charge in [-0.1, -0.05) is 6.07 Å². The van der Waals surface area contributed by atoms with E-state index in [1.165, 1.54) is 17.5 Å². The summed E-state index contributed by atoms with van der Waals surface area (Å²) in [7, 11) is -3.50. The van der Waals surface area contributed by atoms with Crippen molar-refractivity contribution in [3.63, 3.8) is 0 Å². The van der Waals surface area contributed by atoms with Gasteiger partial charge in [0.1, 0.15) is 13.2 Å². The second kappa shape index (κ2) is 6.53. The van der Waals surface area contributed by atoms with E-state index in [0.717, 1.165) is 36.1 Å². The molecule has 0 bridgehead atoms. The normalized spacial score (nSPS) is 19.3. The van der Waals surface area contributed by atoms with Crippen molar-refractivity contribution in [3.8, 4) is 11.5 Å². The molecule has 2 aliphatic heterocycles. The number of ether oxygens (including phenoxy) is 2. The van der Waals surface area contributed by atoms with Crippen molar-refractivity contribution in [1.82, 2.24) is 4.31 Å². The first-order chi connectivity index (χ1) is 13.1. The molecule has 0 spiro atoms. The Morgan fingerprint density at radius 1 is 0.778 bits per heavy atom. The van der Waals surface area contributed by atoms with E-state index in [9.17, 15) is 8.42 Å². The minimum atomic E-state index is -3.50. The maximum atomic E-state index is 13.2. The van der Waals surface area contributed by atoms with Crippen molar-refractivity contribution < 1.29 is 17.9 Å². The van der Waals surface area contributed by atoms with Crippen LogP contribution < -0.4 is 9.47 Å². The number of hydrogen-bond acceptors (Lipinski definition) is 4. The first-order valence-electron chi connectivity index (χ1n) is 9.65. The predicted molar refractivity (Wildman–Crippen MR) is 102 cm³/mol. The lowest BCUT2D eigenvalue weighted by Gasteiger charge is -2.30. The first-order valence-corrected chi connectivity index (χ1v) is 11.1. The van der Waals surface area contributed by atoms with E-state index >= 15 is 0 Å². The maximum Gasteiger partial charge on any atom is 0.243 e. The number of benzene rings is 2. The Bertz CT molecular complexity index is 999. The summed E-state index contributed by atoms with van der Waals surface area (Å²) in [5.41, 5.74) is 4.65. The standard InChI is InChI=1S/C21H23NO4S/c23-27(24,19-6-5-15-3-1-2-4-16(15)11-19)22-8-7-17-12-20-21(13-18(17)14-22)26-10-9-25-20/h5-6,11-13H,1-4,7-10,14H2. The molecule has 1 aliphatic carbocycles. The SMILES string of the molecule is O=S(=O)(c1ccc2c(c1)CCCC2)N1CCc2cc3c(cc2C1)OCCO3. The lowest BCUT2D eigenvalue weighted by atomic mass is 9.92. The summed E-state index contributed by atoms with van der Waals surface area (Å²) < 4.78 is 39.4. The van der Waals surface area contributed by atoms with Crippen molar-refractivity contribution in [3.05, 3.63) is 52.6 Å². The molecule has 0 saturated heterocycles. The Kier molecular flexibility index (Phi) is 4.13. The zero-order valence-electron chi connectivity index (χ0n) is 15.2. The summed E-state index contributed by atoms with van der Waals surface area (Å²) in [6, 6.07) is 9.62. The number of fused-ring (bicyclic) bond motifs is 3. The molecule has 5 rings (SSSR count). The molecule has 0 aromatic heterocycles. The van der Waals surface area contributed by atoms with Crippen LogP contribution in [0.5, 0.6) is 11.5 Å². The Morgan fingerprint density at radius 3 is 2.22 bits per heavy atom. The van der Waals surface area contributed by atoms with Gasteiger partial charge in [0.2, 0.25) is 10.0 Å². The number of sulfonamides is 1. The van der Waals surface area contributed by atoms with Gasteiger partial charge in [0, 0.05) is 13.1 Å². The third-order valence-electron chi connectivity index (χ3n) is 5.80. The summed E-state index contributed by atoms with van der Waals surface area (Å²) in [5, 5.41) is 0. The molecule has 0 amide bonds. The highest BCUT2D eigenvalue weighted by molar-refractivity contribution is 7.89. The number of hydrogen-bond donors (Lipinski definition) is 0. The highest BCUT2D eigenvalue weighted by Gasteiger charge is 2.30. The summed E-state index contributed by atoms with van der Waals surface area (Å²) in [5.74, 6) is 1.49. The maximum absolute atomic E-state index is 13.2. The molecule has 5 nitrogen and oxygen atoms in total. The average Bonchev–Trinajstić information content (AvgIpc) is 2.71. The Balaban J connectivity index is 1.45. The molecule has 142 valence electrons. The zero-order chi connectivity index (χ0) is 18.4. The van der Waals surface area contributed by atoms with Crippen molar-refractivity contribution >= 4 is 10.0 Å². The van der Waals surface area contributed by atoms with Crippen LogP contribution in [0.25, 0.3) is 0 Å². The van der Waals surface area contributed by atoms with Crippen molar-refractivity contribution in [1.29, 1.82) is 0 Å². The van der Waals surface area contributed by atoms with Gasteiger partial charge in [0.05, 0.1) is 4.90 Å². The number of rotatable bonds is 2. The van der Waals surface area contributed by atoms with E-state index in [1.807, 2.05) is 24.3 Å². The van der Waals surface area contributed by atoms with Gasteiger partial charge in [-0.25, -0.2) is 8.42 Å². The van der Waals surface area contributed by atoms with Gasteiger partial charge in [-0.05, 0) is 78.6 Å². The highest BCUT2D eigenvalue weighted by atomic mass is 32.2. The molecular weight excluding hydrogens is 362 g/mol. The summed E-state index contributed by atoms with van der Waals surface area (Å²) in [6.45, 7) is 1.96. The highest BCUT2D eigenvalue weighted by Crippen LogP contribution is 2.36. The van der Waals surface area contributed by atoms with Crippen LogP contribution in [0.15, 0.2) is 35.2 Å². The second-order valence-corrected chi connectivity index (χ2v) is 9.43. The average molecular weight is 385 g/mol. The van der Waals surface area contributed by atoms with Crippen LogP contribution in [0, 0.1) is 0 Å². The van der Waals surface area contributed by atoms with Gasteiger partial charge in [0.25, 0.3) is 0 Å². The summed E-state index contributed by atoms with van der Waals surface area (Å²) >= 11 is 0. The number of aryl methyl sites for hydroxylation is 2. The largest absolute Gasteiger partial charge is 0.486 e. The van der Waals surface area contributed by atoms with E-state index in [2.05, 4.69) is 0 Å². The van der Waals surface area contributed by atoms with E-state index in [1.54, 1.807) is 10.4 Å². The molecule has 3 aliphatic rings. The molecule has 2 heterocycles. The fourth-order valence-electron chi connectivity index (χ4n) is 4.29. The molecule has 0 atom stereocenters. The van der Waals surface area contributed by atoms with E-state index in [-0.39, 0.29) is 0 Å². The topological polar surface area (TPSA) is 55.8 Å². The number of nitrogens with zero attached hydrogens (tertiary/aromatic N) is 1. The van der Waals surface area contributed by atoms with Crippen LogP contribution in [0.4, 0.5) is 0 Å². The molecule has 2 aromatic carbocycles. The van der Waals surface area contributed by atoms with E-state index < -0.39 is 10.0 Å². The monoisotopic (exact) mass is 385 g/mol. The molecule has 0 radical (unpaired) electrons. The minimum absolute atomic E-state index is 0.380. The molecule has 0 N–H and O–H groups in total. The molecule has 0 fully saturated rings. The van der Waals surface area contributed by atoms with Crippen LogP contribution in [0.3, 0.4) is 0 Å². The lowest BCUT2D eigenvalue weighted by Crippen LogP contribution is -2.36. The lowest BCUT2D eigenvalue weighted by molar-refractivity contribution is 0.171. The van der Waals surface area contributed by atoms with Crippen molar-refractivity contribution in [2.24, 2.45) is 0 Å². The van der Waals surface area contributed by atoms with E-state index in [0.29, 0.717) is 43.4 Å². The quantitative estimate of drug-likeness (QED) is 0.797. The van der Waals surface area contributed by atoms with Crippen molar-refractivity contribution in [2.75, 3.05) is 19.8 Å². The van der Waals surface area contributed by atoms with Crippen LogP contribution in [0.1, 0.15) is 35.1 Å². The van der Waals surface area contributed by atoms with Gasteiger partial charge >= 0.3 is 0 Å². The molecule has 2 aromatic rings. The van der Waals surface area contributed by atoms with Gasteiger partial charge in [-0.2, -0.15) is 4.31 Å². The van der Waals surface area contributed by atoms with E-state index in [4.69, 9.17) is 9.47 Å². The molecule has 0 saturated carbocycles. The van der Waals surface area contributed by atoms with Crippen LogP contribution in [-0.2, 0) is 35.8 Å². The van der Waals surface area contributed by atoms with Crippen LogP contribution >= 0.6 is 0 Å². The smallest absolute Gasteiger partial charge is 0.243 e. The minimum Gasteiger partial charge on any atom is -0.486 e. The van der Waals surface area contributed by atoms with Crippen LogP contribution in [-0.4, -0.2) is 32.5 Å². The predicted octanol–water partition coefficient (Wildman–Crippen LogP) is 3.08. The Morgan fingerprint density at radius 2 is 1.44 bits per heavy atom. The fourth-order valence-corrected chi connectivity index (χ4v) is 5.76. The van der Waals surface area contributed by atoms with Gasteiger partial charge in [-0.3, -0.25) is 0 Å². The molecule has 0 unspecified atom stereocenters. The third kappa shape index (κ3) is 3.01. The summed E-state index contributed by atoms with van der Waals surface area (Å²) in [4.78, 5) is 0.421.